The van der Waals surface area contributed by atoms with Crippen molar-refractivity contribution in [3.05, 3.63) is 65.2 Å². The van der Waals surface area contributed by atoms with E-state index in [4.69, 9.17) is 9.72 Å². The van der Waals surface area contributed by atoms with Gasteiger partial charge in [0.05, 0.1) is 29.5 Å². The van der Waals surface area contributed by atoms with Crippen LogP contribution in [0.15, 0.2) is 36.5 Å². The van der Waals surface area contributed by atoms with Crippen LogP contribution in [0.5, 0.6) is 11.8 Å². The molecule has 8 rings (SSSR count). The molecule has 3 aromatic carbocycles. The van der Waals surface area contributed by atoms with Crippen molar-refractivity contribution in [2.24, 2.45) is 0 Å². The number of phenols is 1. The molecule has 2 atom stereocenters. The van der Waals surface area contributed by atoms with Crippen LogP contribution in [0, 0.1) is 17.5 Å². The van der Waals surface area contributed by atoms with Crippen molar-refractivity contribution in [1.82, 2.24) is 29.9 Å². The Bertz CT molecular complexity index is 2040. The molecule has 0 radical (unpaired) electrons. The van der Waals surface area contributed by atoms with E-state index in [1.807, 2.05) is 4.90 Å². The van der Waals surface area contributed by atoms with Crippen LogP contribution in [0.25, 0.3) is 32.8 Å². The molecule has 0 unspecified atom stereocenters. The van der Waals surface area contributed by atoms with Gasteiger partial charge in [-0.25, -0.2) is 22.2 Å². The van der Waals surface area contributed by atoms with E-state index in [1.54, 1.807) is 17.8 Å². The van der Waals surface area contributed by atoms with E-state index < -0.39 is 34.7 Å². The van der Waals surface area contributed by atoms with Crippen LogP contribution in [0.2, 0.25) is 0 Å². The fraction of sp³-hybridized carbons (Fsp3) is 0.412. The minimum atomic E-state index is -0.987. The third-order valence-electron chi connectivity index (χ3n) is 10.00. The van der Waals surface area contributed by atoms with Crippen LogP contribution < -0.4 is 9.64 Å². The van der Waals surface area contributed by atoms with Gasteiger partial charge >= 0.3 is 6.01 Å². The molecule has 0 amide bonds. The SMILES string of the molecule is CCc1c(F)ccc2cc(O)cc(-c3c(F)cc4c(N5CCCn6nncc6C5)nc(OC[C@@]56CCCN5C[C@H](F)C6)nc4c3F)c12. The second-order valence-corrected chi connectivity index (χ2v) is 12.8. The van der Waals surface area contributed by atoms with E-state index in [-0.39, 0.29) is 52.6 Å². The molecule has 0 spiro atoms. The van der Waals surface area contributed by atoms with Crippen LogP contribution in [-0.4, -0.2) is 72.9 Å². The maximum Gasteiger partial charge on any atom is 0.319 e. The number of alkyl halides is 1. The Kier molecular flexibility index (Phi) is 7.19. The number of nitrogens with zero attached hydrogens (tertiary/aromatic N) is 7. The molecule has 5 aromatic rings. The van der Waals surface area contributed by atoms with Crippen LogP contribution in [0.3, 0.4) is 0 Å². The third kappa shape index (κ3) is 4.93. The number of benzene rings is 3. The highest BCUT2D eigenvalue weighted by atomic mass is 19.1. The lowest BCUT2D eigenvalue weighted by atomic mass is 9.91. The lowest BCUT2D eigenvalue weighted by molar-refractivity contribution is 0.107. The maximum absolute atomic E-state index is 17.0. The number of ether oxygens (including phenoxy) is 1. The first-order valence-corrected chi connectivity index (χ1v) is 16.0. The molecule has 244 valence electrons. The quantitative estimate of drug-likeness (QED) is 0.222. The largest absolute Gasteiger partial charge is 0.508 e. The van der Waals surface area contributed by atoms with Crippen molar-refractivity contribution in [2.75, 3.05) is 31.1 Å². The summed E-state index contributed by atoms with van der Waals surface area (Å²) in [6.45, 7) is 4.47. The van der Waals surface area contributed by atoms with Crippen LogP contribution in [-0.2, 0) is 19.5 Å². The zero-order valence-electron chi connectivity index (χ0n) is 25.8. The van der Waals surface area contributed by atoms with E-state index in [0.717, 1.165) is 25.1 Å². The molecule has 3 aliphatic heterocycles. The summed E-state index contributed by atoms with van der Waals surface area (Å²) < 4.78 is 70.8. The Balaban J connectivity index is 1.31. The predicted octanol–water partition coefficient (Wildman–Crippen LogP) is 6.09. The fourth-order valence-corrected chi connectivity index (χ4v) is 7.86. The normalized spacial score (nSPS) is 21.4. The van der Waals surface area contributed by atoms with Gasteiger partial charge in [0, 0.05) is 31.4 Å². The Morgan fingerprint density at radius 2 is 1.91 bits per heavy atom. The van der Waals surface area contributed by atoms with Gasteiger partial charge < -0.3 is 14.7 Å². The van der Waals surface area contributed by atoms with E-state index in [1.165, 1.54) is 30.3 Å². The van der Waals surface area contributed by atoms with E-state index in [0.29, 0.717) is 49.8 Å². The lowest BCUT2D eigenvalue weighted by Gasteiger charge is -2.31. The number of hydrogen-bond donors (Lipinski definition) is 1. The predicted molar refractivity (Wildman–Crippen MR) is 168 cm³/mol. The maximum atomic E-state index is 17.0. The molecule has 0 bridgehead atoms. The van der Waals surface area contributed by atoms with Crippen molar-refractivity contribution < 1.29 is 27.4 Å². The van der Waals surface area contributed by atoms with Gasteiger partial charge in [0.1, 0.15) is 41.5 Å². The Hall–Kier alpha value is -4.52. The van der Waals surface area contributed by atoms with Gasteiger partial charge in [-0.15, -0.1) is 5.10 Å². The number of anilines is 1. The number of aromatic hydroxyl groups is 1. The minimum Gasteiger partial charge on any atom is -0.508 e. The smallest absolute Gasteiger partial charge is 0.319 e. The van der Waals surface area contributed by atoms with Gasteiger partial charge in [-0.3, -0.25) is 4.90 Å². The summed E-state index contributed by atoms with van der Waals surface area (Å²) in [5.74, 6) is -2.34. The molecule has 5 heterocycles. The standard InChI is InChI=1S/C34H33F4N7O2/c1-2-23-26(36)6-5-19-11-22(46)12-24(28(19)23)29-27(37)13-25-31(30(29)38)40-33(47-18-34-7-3-9-44(34)16-20(35)14-34)41-32(25)43-8-4-10-45-21(17-43)15-39-42-45/h5-6,11-13,15,20,46H,2-4,7-10,14,16-18H2,1H3/t20-,34+/m1/s1. The topological polar surface area (TPSA) is 92.4 Å². The third-order valence-corrected chi connectivity index (χ3v) is 10.00. The average Bonchev–Trinajstić information content (AvgIpc) is 3.69. The number of fused-ring (bicyclic) bond motifs is 4. The second-order valence-electron chi connectivity index (χ2n) is 12.8. The minimum absolute atomic E-state index is 0.0149. The fourth-order valence-electron chi connectivity index (χ4n) is 7.86. The summed E-state index contributed by atoms with van der Waals surface area (Å²) in [4.78, 5) is 13.2. The molecular formula is C34H33F4N7O2. The monoisotopic (exact) mass is 647 g/mol. The number of aromatic nitrogens is 5. The summed E-state index contributed by atoms with van der Waals surface area (Å²) in [5, 5.41) is 19.6. The lowest BCUT2D eigenvalue weighted by Crippen LogP contribution is -2.43. The van der Waals surface area contributed by atoms with Crippen molar-refractivity contribution in [3.8, 4) is 22.9 Å². The highest BCUT2D eigenvalue weighted by Crippen LogP contribution is 2.43. The Morgan fingerprint density at radius 3 is 2.77 bits per heavy atom. The first kappa shape index (κ1) is 29.9. The summed E-state index contributed by atoms with van der Waals surface area (Å²) in [7, 11) is 0. The Labute approximate surface area is 267 Å². The molecule has 3 aliphatic rings. The molecule has 0 aliphatic carbocycles. The summed E-state index contributed by atoms with van der Waals surface area (Å²) in [6, 6.07) is 6.53. The second kappa shape index (κ2) is 11.3. The first-order valence-electron chi connectivity index (χ1n) is 16.0. The molecule has 13 heteroatoms. The van der Waals surface area contributed by atoms with Gasteiger partial charge in [-0.2, -0.15) is 9.97 Å². The molecule has 9 nitrogen and oxygen atoms in total. The van der Waals surface area contributed by atoms with Gasteiger partial charge in [0.2, 0.25) is 0 Å². The molecule has 2 aromatic heterocycles. The average molecular weight is 648 g/mol. The van der Waals surface area contributed by atoms with E-state index in [9.17, 15) is 13.9 Å². The molecule has 2 fully saturated rings. The highest BCUT2D eigenvalue weighted by molar-refractivity contribution is 6.03. The number of hydrogen-bond acceptors (Lipinski definition) is 8. The van der Waals surface area contributed by atoms with Gasteiger partial charge in [-0.05, 0) is 78.4 Å². The zero-order valence-corrected chi connectivity index (χ0v) is 25.8. The van der Waals surface area contributed by atoms with Gasteiger partial charge in [-0.1, -0.05) is 18.2 Å². The summed E-state index contributed by atoms with van der Waals surface area (Å²) in [5.41, 5.74) is -0.00703. The van der Waals surface area contributed by atoms with Crippen molar-refractivity contribution in [3.63, 3.8) is 0 Å². The Morgan fingerprint density at radius 1 is 1.04 bits per heavy atom. The van der Waals surface area contributed by atoms with Crippen LogP contribution >= 0.6 is 0 Å². The summed E-state index contributed by atoms with van der Waals surface area (Å²) >= 11 is 0. The van der Waals surface area contributed by atoms with E-state index in [2.05, 4.69) is 20.2 Å². The van der Waals surface area contributed by atoms with Gasteiger partial charge in [0.15, 0.2) is 5.82 Å². The molecule has 0 saturated carbocycles. The van der Waals surface area contributed by atoms with Gasteiger partial charge in [0.25, 0.3) is 0 Å². The molecule has 2 saturated heterocycles. The number of phenolic OH excluding ortho intramolecular Hbond substituents is 1. The summed E-state index contributed by atoms with van der Waals surface area (Å²) in [6.07, 6.45) is 3.66. The van der Waals surface area contributed by atoms with E-state index >= 15 is 8.78 Å². The number of aryl methyl sites for hydroxylation is 2. The zero-order chi connectivity index (χ0) is 32.4. The molecular weight excluding hydrogens is 614 g/mol. The van der Waals surface area contributed by atoms with Crippen molar-refractivity contribution in [2.45, 2.75) is 63.8 Å². The number of rotatable bonds is 6. The van der Waals surface area contributed by atoms with Crippen molar-refractivity contribution >= 4 is 27.5 Å². The highest BCUT2D eigenvalue weighted by Gasteiger charge is 2.49. The molecule has 1 N–H and O–H groups in total. The van der Waals surface area contributed by atoms with Crippen LogP contribution in [0.1, 0.15) is 43.9 Å². The number of halogens is 4. The molecule has 47 heavy (non-hydrogen) atoms. The first-order chi connectivity index (χ1) is 22.7. The van der Waals surface area contributed by atoms with Crippen LogP contribution in [0.4, 0.5) is 23.4 Å². The van der Waals surface area contributed by atoms with Crippen molar-refractivity contribution in [1.29, 1.82) is 0 Å².